The monoisotopic (exact) mass is 532 g/mol. The predicted molar refractivity (Wildman–Crippen MR) is 139 cm³/mol. The molecule has 1 aliphatic heterocycles. The Kier molecular flexibility index (Phi) is 6.68. The lowest BCUT2D eigenvalue weighted by Gasteiger charge is -2.34. The van der Waals surface area contributed by atoms with E-state index in [0.717, 1.165) is 43.0 Å². The Morgan fingerprint density at radius 1 is 1.06 bits per heavy atom. The van der Waals surface area contributed by atoms with E-state index in [9.17, 15) is 8.78 Å². The maximum atomic E-state index is 14.1. The van der Waals surface area contributed by atoms with Gasteiger partial charge in [0.25, 0.3) is 0 Å². The molecule has 3 heterocycles. The minimum atomic E-state index is -0.943. The number of benzene rings is 2. The first-order valence-corrected chi connectivity index (χ1v) is 12.2. The minimum absolute atomic E-state index is 0.0292. The van der Waals surface area contributed by atoms with E-state index in [-0.39, 0.29) is 27.2 Å². The molecular weight excluding hydrogens is 509 g/mol. The number of hydrogen-bond acceptors (Lipinski definition) is 6. The lowest BCUT2D eigenvalue weighted by molar-refractivity contribution is 0.227. The number of furan rings is 1. The zero-order valence-electron chi connectivity index (χ0n) is 19.7. The summed E-state index contributed by atoms with van der Waals surface area (Å²) in [6, 6.07) is 8.88. The van der Waals surface area contributed by atoms with Gasteiger partial charge in [-0.1, -0.05) is 35.3 Å². The first-order valence-electron chi connectivity index (χ1n) is 11.4. The molecule has 0 saturated carbocycles. The summed E-state index contributed by atoms with van der Waals surface area (Å²) in [4.78, 5) is 8.93. The van der Waals surface area contributed by atoms with Crippen molar-refractivity contribution in [3.05, 3.63) is 70.0 Å². The van der Waals surface area contributed by atoms with E-state index in [0.29, 0.717) is 17.0 Å². The topological polar surface area (TPSA) is 67.8 Å². The predicted octanol–water partition coefficient (Wildman–Crippen LogP) is 6.55. The lowest BCUT2D eigenvalue weighted by Crippen LogP contribution is -2.44. The van der Waals surface area contributed by atoms with Crippen molar-refractivity contribution in [1.29, 1.82) is 0 Å². The molecule has 188 valence electrons. The molecule has 1 aliphatic rings. The number of rotatable bonds is 5. The Labute approximate surface area is 217 Å². The van der Waals surface area contributed by atoms with Crippen LogP contribution < -0.4 is 15.4 Å². The van der Waals surface area contributed by atoms with Crippen molar-refractivity contribution in [2.24, 2.45) is 0 Å². The lowest BCUT2D eigenvalue weighted by atomic mass is 10.0. The van der Waals surface area contributed by atoms with Gasteiger partial charge in [-0.2, -0.15) is 0 Å². The summed E-state index contributed by atoms with van der Waals surface area (Å²) in [7, 11) is 2.13. The Bertz CT molecular complexity index is 1390. The number of anilines is 2. The highest BCUT2D eigenvalue weighted by Crippen LogP contribution is 2.42. The summed E-state index contributed by atoms with van der Waals surface area (Å²) in [5.74, 6) is -1.68. The molecule has 0 bridgehead atoms. The van der Waals surface area contributed by atoms with Gasteiger partial charge in [0.05, 0.1) is 21.7 Å². The normalized spacial score (nSPS) is 15.4. The standard InChI is InChI=1S/C26H24Cl2F2N4O2/c1-14(21-22(27)19(29)11-20(30)23(21)28)36-25-24-17(12-32-26(25)31)18(13-35-24)15-3-5-16(6-4-15)34-9-7-33(2)8-10-34/h3-6,11-14H,7-10H2,1-2H3,(H2,31,32)/t14-/m1/s1. The van der Waals surface area contributed by atoms with Gasteiger partial charge in [-0.15, -0.1) is 0 Å². The van der Waals surface area contributed by atoms with Gasteiger partial charge >= 0.3 is 0 Å². The third-order valence-electron chi connectivity index (χ3n) is 6.49. The molecule has 0 amide bonds. The maximum absolute atomic E-state index is 14.1. The van der Waals surface area contributed by atoms with Crippen LogP contribution in [-0.2, 0) is 0 Å². The zero-order valence-corrected chi connectivity index (χ0v) is 21.2. The fourth-order valence-corrected chi connectivity index (χ4v) is 5.07. The van der Waals surface area contributed by atoms with E-state index >= 15 is 0 Å². The number of nitrogen functional groups attached to an aromatic ring is 1. The van der Waals surface area contributed by atoms with Crippen molar-refractivity contribution in [2.75, 3.05) is 43.9 Å². The number of aromatic nitrogens is 1. The SMILES string of the molecule is C[C@@H](Oc1c(N)ncc2c(-c3ccc(N4CCN(C)CC4)cc3)coc12)c1c(Cl)c(F)cc(F)c1Cl. The number of hydrogen-bond donors (Lipinski definition) is 1. The van der Waals surface area contributed by atoms with E-state index in [2.05, 4.69) is 34.0 Å². The van der Waals surface area contributed by atoms with Crippen molar-refractivity contribution in [2.45, 2.75) is 13.0 Å². The third kappa shape index (κ3) is 4.45. The molecule has 6 nitrogen and oxygen atoms in total. The summed E-state index contributed by atoms with van der Waals surface area (Å²) >= 11 is 12.1. The maximum Gasteiger partial charge on any atom is 0.205 e. The molecule has 36 heavy (non-hydrogen) atoms. The summed E-state index contributed by atoms with van der Waals surface area (Å²) in [6.07, 6.45) is 2.27. The molecule has 0 unspecified atom stereocenters. The number of nitrogens with zero attached hydrogens (tertiary/aromatic N) is 3. The number of ether oxygens (including phenoxy) is 1. The third-order valence-corrected chi connectivity index (χ3v) is 7.26. The second kappa shape index (κ2) is 9.76. The molecule has 2 N–H and O–H groups in total. The zero-order chi connectivity index (χ0) is 25.6. The molecule has 0 radical (unpaired) electrons. The summed E-state index contributed by atoms with van der Waals surface area (Å²) in [5, 5.41) is 0.0303. The average Bonchev–Trinajstić information content (AvgIpc) is 3.30. The van der Waals surface area contributed by atoms with Crippen LogP contribution in [0.4, 0.5) is 20.3 Å². The van der Waals surface area contributed by atoms with Gasteiger partial charge in [-0.3, -0.25) is 0 Å². The van der Waals surface area contributed by atoms with E-state index in [4.69, 9.17) is 38.1 Å². The van der Waals surface area contributed by atoms with E-state index in [1.165, 1.54) is 0 Å². The molecule has 2 aromatic carbocycles. The average molecular weight is 533 g/mol. The Morgan fingerprint density at radius 2 is 1.69 bits per heavy atom. The van der Waals surface area contributed by atoms with Crippen LogP contribution in [0.1, 0.15) is 18.6 Å². The van der Waals surface area contributed by atoms with E-state index < -0.39 is 17.7 Å². The number of halogens is 4. The molecule has 1 fully saturated rings. The second-order valence-electron chi connectivity index (χ2n) is 8.84. The van der Waals surface area contributed by atoms with Crippen LogP contribution in [0.25, 0.3) is 22.1 Å². The van der Waals surface area contributed by atoms with Gasteiger partial charge < -0.3 is 24.7 Å². The van der Waals surface area contributed by atoms with E-state index in [1.54, 1.807) is 19.4 Å². The number of nitrogens with two attached hydrogens (primary N) is 1. The molecule has 1 atom stereocenters. The molecule has 1 saturated heterocycles. The van der Waals surface area contributed by atoms with Crippen molar-refractivity contribution >= 4 is 45.7 Å². The molecular formula is C26H24Cl2F2N4O2. The fourth-order valence-electron chi connectivity index (χ4n) is 4.42. The molecule has 10 heteroatoms. The van der Waals surface area contributed by atoms with Crippen LogP contribution in [0, 0.1) is 11.6 Å². The van der Waals surface area contributed by atoms with E-state index in [1.807, 2.05) is 12.1 Å². The second-order valence-corrected chi connectivity index (χ2v) is 9.60. The molecule has 2 aromatic heterocycles. The quantitative estimate of drug-likeness (QED) is 0.294. The van der Waals surface area contributed by atoms with Crippen LogP contribution in [0.2, 0.25) is 10.0 Å². The number of fused-ring (bicyclic) bond motifs is 1. The summed E-state index contributed by atoms with van der Waals surface area (Å²) in [5.41, 5.74) is 9.33. The highest BCUT2D eigenvalue weighted by Gasteiger charge is 2.25. The summed E-state index contributed by atoms with van der Waals surface area (Å²) in [6.45, 7) is 5.58. The first kappa shape index (κ1) is 24.6. The van der Waals surface area contributed by atoms with Crippen LogP contribution >= 0.6 is 23.2 Å². The minimum Gasteiger partial charge on any atom is -0.478 e. The molecule has 0 spiro atoms. The van der Waals surface area contributed by atoms with Gasteiger partial charge in [0.1, 0.15) is 17.7 Å². The highest BCUT2D eigenvalue weighted by molar-refractivity contribution is 6.36. The van der Waals surface area contributed by atoms with Gasteiger partial charge in [0.15, 0.2) is 11.4 Å². The fraction of sp³-hybridized carbons (Fsp3) is 0.269. The van der Waals surface area contributed by atoms with Crippen LogP contribution in [0.15, 0.2) is 47.2 Å². The number of pyridine rings is 1. The van der Waals surface area contributed by atoms with Crippen molar-refractivity contribution in [3.63, 3.8) is 0 Å². The molecule has 0 aliphatic carbocycles. The van der Waals surface area contributed by atoms with Gasteiger partial charge in [-0.05, 0) is 31.7 Å². The van der Waals surface area contributed by atoms with Gasteiger partial charge in [-0.25, -0.2) is 13.8 Å². The van der Waals surface area contributed by atoms with Crippen LogP contribution in [0.3, 0.4) is 0 Å². The number of likely N-dealkylation sites (N-methyl/N-ethyl adjacent to an activating group) is 1. The van der Waals surface area contributed by atoms with Crippen molar-refractivity contribution in [3.8, 4) is 16.9 Å². The molecule has 5 rings (SSSR count). The largest absolute Gasteiger partial charge is 0.478 e. The van der Waals surface area contributed by atoms with Crippen molar-refractivity contribution < 1.29 is 17.9 Å². The highest BCUT2D eigenvalue weighted by atomic mass is 35.5. The Morgan fingerprint density at radius 3 is 2.33 bits per heavy atom. The Hall–Kier alpha value is -3.07. The van der Waals surface area contributed by atoms with Gasteiger partial charge in [0, 0.05) is 55.3 Å². The van der Waals surface area contributed by atoms with Crippen molar-refractivity contribution in [1.82, 2.24) is 9.88 Å². The first-order chi connectivity index (χ1) is 17.2. The Balaban J connectivity index is 1.46. The van der Waals surface area contributed by atoms with Gasteiger partial charge in [0.2, 0.25) is 5.75 Å². The summed E-state index contributed by atoms with van der Waals surface area (Å²) < 4.78 is 39.9. The number of piperazine rings is 1. The van der Waals surface area contributed by atoms with Crippen LogP contribution in [-0.4, -0.2) is 43.1 Å². The molecule has 4 aromatic rings. The smallest absolute Gasteiger partial charge is 0.205 e. The van der Waals surface area contributed by atoms with Crippen LogP contribution in [0.5, 0.6) is 5.75 Å².